The molecule has 1 heteroatoms. The first-order valence-corrected chi connectivity index (χ1v) is 7.36. The van der Waals surface area contributed by atoms with Crippen LogP contribution in [0.2, 0.25) is 0 Å². The second kappa shape index (κ2) is 7.92. The molecule has 0 atom stereocenters. The molecule has 0 unspecified atom stereocenters. The molecule has 0 aliphatic rings. The molecule has 1 aromatic rings. The summed E-state index contributed by atoms with van der Waals surface area (Å²) in [6, 6.07) is 8.77. The summed E-state index contributed by atoms with van der Waals surface area (Å²) in [7, 11) is 0. The SMILES string of the molecule is CC(C)c1cccc(CNC/C=C/C#CC(C)(C)C)c1. The predicted octanol–water partition coefficient (Wildman–Crippen LogP) is 4.51. The van der Waals surface area contributed by atoms with Gasteiger partial charge in [-0.05, 0) is 43.9 Å². The van der Waals surface area contributed by atoms with E-state index < -0.39 is 0 Å². The molecule has 0 saturated heterocycles. The molecule has 0 fully saturated rings. The lowest BCUT2D eigenvalue weighted by atomic mass is 9.98. The van der Waals surface area contributed by atoms with Gasteiger partial charge in [-0.15, -0.1) is 0 Å². The minimum atomic E-state index is 0.0784. The number of hydrogen-bond acceptors (Lipinski definition) is 1. The number of hydrogen-bond donors (Lipinski definition) is 1. The van der Waals surface area contributed by atoms with E-state index in [0.29, 0.717) is 5.92 Å². The highest BCUT2D eigenvalue weighted by Crippen LogP contribution is 2.15. The highest BCUT2D eigenvalue weighted by Gasteiger charge is 2.02. The molecule has 0 aromatic heterocycles. The highest BCUT2D eigenvalue weighted by atomic mass is 14.8. The van der Waals surface area contributed by atoms with Crippen molar-refractivity contribution in [2.75, 3.05) is 6.54 Å². The van der Waals surface area contributed by atoms with E-state index in [2.05, 4.69) is 82.1 Å². The third kappa shape index (κ3) is 7.16. The van der Waals surface area contributed by atoms with Crippen LogP contribution in [0.15, 0.2) is 36.4 Å². The van der Waals surface area contributed by atoms with Crippen molar-refractivity contribution in [3.8, 4) is 11.8 Å². The fourth-order valence-corrected chi connectivity index (χ4v) is 1.74. The molecular weight excluding hydrogens is 242 g/mol. The van der Waals surface area contributed by atoms with Crippen LogP contribution in [0.25, 0.3) is 0 Å². The summed E-state index contributed by atoms with van der Waals surface area (Å²) in [6.45, 7) is 12.6. The molecule has 1 rings (SSSR count). The van der Waals surface area contributed by atoms with Crippen molar-refractivity contribution in [3.63, 3.8) is 0 Å². The van der Waals surface area contributed by atoms with Gasteiger partial charge < -0.3 is 5.32 Å². The zero-order chi connectivity index (χ0) is 15.0. The first-order valence-electron chi connectivity index (χ1n) is 7.36. The van der Waals surface area contributed by atoms with Crippen molar-refractivity contribution >= 4 is 0 Å². The Kier molecular flexibility index (Phi) is 6.55. The zero-order valence-electron chi connectivity index (χ0n) is 13.5. The zero-order valence-corrected chi connectivity index (χ0v) is 13.5. The number of rotatable bonds is 5. The molecule has 1 nitrogen and oxygen atoms in total. The maximum absolute atomic E-state index is 3.41. The third-order valence-corrected chi connectivity index (χ3v) is 2.86. The molecule has 1 N–H and O–H groups in total. The summed E-state index contributed by atoms with van der Waals surface area (Å²) in [5.41, 5.74) is 2.82. The average Bonchev–Trinajstić information content (AvgIpc) is 2.36. The summed E-state index contributed by atoms with van der Waals surface area (Å²) in [4.78, 5) is 0. The van der Waals surface area contributed by atoms with Crippen LogP contribution >= 0.6 is 0 Å². The van der Waals surface area contributed by atoms with Gasteiger partial charge in [0.2, 0.25) is 0 Å². The van der Waals surface area contributed by atoms with Crippen LogP contribution in [0.1, 0.15) is 51.7 Å². The first-order chi connectivity index (χ1) is 9.38. The van der Waals surface area contributed by atoms with E-state index in [4.69, 9.17) is 0 Å². The summed E-state index contributed by atoms with van der Waals surface area (Å²) < 4.78 is 0. The standard InChI is InChI=1S/C19H27N/c1-16(2)18-11-9-10-17(14-18)15-20-13-8-6-7-12-19(3,4)5/h6,8-11,14,16,20H,13,15H2,1-5H3/b8-6+. The van der Waals surface area contributed by atoms with Crippen molar-refractivity contribution in [1.29, 1.82) is 0 Å². The maximum Gasteiger partial charge on any atom is 0.0233 e. The number of benzene rings is 1. The lowest BCUT2D eigenvalue weighted by molar-refractivity contribution is 0.571. The Balaban J connectivity index is 2.36. The third-order valence-electron chi connectivity index (χ3n) is 2.86. The normalized spacial score (nSPS) is 11.7. The largest absolute Gasteiger partial charge is 0.309 e. The van der Waals surface area contributed by atoms with E-state index in [1.54, 1.807) is 0 Å². The molecular formula is C19H27N. The Labute approximate surface area is 124 Å². The highest BCUT2D eigenvalue weighted by molar-refractivity contribution is 5.25. The summed E-state index contributed by atoms with van der Waals surface area (Å²) in [6.07, 6.45) is 4.01. The molecule has 0 aliphatic heterocycles. The molecule has 20 heavy (non-hydrogen) atoms. The summed E-state index contributed by atoms with van der Waals surface area (Å²) in [5, 5.41) is 3.41. The fraction of sp³-hybridized carbons (Fsp3) is 0.474. The van der Waals surface area contributed by atoms with E-state index in [1.165, 1.54) is 11.1 Å². The van der Waals surface area contributed by atoms with Gasteiger partial charge in [0.05, 0.1) is 0 Å². The maximum atomic E-state index is 3.41. The minimum absolute atomic E-state index is 0.0784. The molecule has 1 aromatic carbocycles. The fourth-order valence-electron chi connectivity index (χ4n) is 1.74. The smallest absolute Gasteiger partial charge is 0.0233 e. The van der Waals surface area contributed by atoms with Gasteiger partial charge in [-0.2, -0.15) is 0 Å². The van der Waals surface area contributed by atoms with Crippen LogP contribution in [-0.2, 0) is 6.54 Å². The molecule has 108 valence electrons. The Hall–Kier alpha value is -1.52. The van der Waals surface area contributed by atoms with Gasteiger partial charge in [-0.25, -0.2) is 0 Å². The second-order valence-electron chi connectivity index (χ2n) is 6.45. The average molecular weight is 269 g/mol. The Morgan fingerprint density at radius 1 is 1.25 bits per heavy atom. The van der Waals surface area contributed by atoms with Crippen molar-refractivity contribution in [2.24, 2.45) is 5.41 Å². The van der Waals surface area contributed by atoms with Crippen LogP contribution in [0.5, 0.6) is 0 Å². The minimum Gasteiger partial charge on any atom is -0.309 e. The lowest BCUT2D eigenvalue weighted by Gasteiger charge is -2.08. The van der Waals surface area contributed by atoms with Crippen LogP contribution in [0.3, 0.4) is 0 Å². The van der Waals surface area contributed by atoms with Crippen molar-refractivity contribution in [3.05, 3.63) is 47.5 Å². The molecule has 0 saturated carbocycles. The van der Waals surface area contributed by atoms with Gasteiger partial charge in [0, 0.05) is 18.5 Å². The lowest BCUT2D eigenvalue weighted by Crippen LogP contribution is -2.12. The topological polar surface area (TPSA) is 12.0 Å². The quantitative estimate of drug-likeness (QED) is 0.613. The summed E-state index contributed by atoms with van der Waals surface area (Å²) in [5.74, 6) is 6.85. The monoisotopic (exact) mass is 269 g/mol. The predicted molar refractivity (Wildman–Crippen MR) is 88.6 cm³/mol. The molecule has 0 aliphatic carbocycles. The van der Waals surface area contributed by atoms with Gasteiger partial charge in [0.15, 0.2) is 0 Å². The van der Waals surface area contributed by atoms with Crippen LogP contribution in [-0.4, -0.2) is 6.54 Å². The summed E-state index contributed by atoms with van der Waals surface area (Å²) >= 11 is 0. The Morgan fingerprint density at radius 3 is 2.65 bits per heavy atom. The van der Waals surface area contributed by atoms with E-state index in [-0.39, 0.29) is 5.41 Å². The van der Waals surface area contributed by atoms with Gasteiger partial charge in [-0.3, -0.25) is 0 Å². The van der Waals surface area contributed by atoms with Crippen molar-refractivity contribution < 1.29 is 0 Å². The molecule has 0 amide bonds. The second-order valence-corrected chi connectivity index (χ2v) is 6.45. The number of allylic oxidation sites excluding steroid dienone is 1. The van der Waals surface area contributed by atoms with E-state index >= 15 is 0 Å². The number of nitrogens with one attached hydrogen (secondary N) is 1. The van der Waals surface area contributed by atoms with Gasteiger partial charge in [-0.1, -0.05) is 56.0 Å². The van der Waals surface area contributed by atoms with Crippen LogP contribution < -0.4 is 5.32 Å². The van der Waals surface area contributed by atoms with Crippen LogP contribution in [0.4, 0.5) is 0 Å². The Bertz CT molecular complexity index is 492. The van der Waals surface area contributed by atoms with E-state index in [0.717, 1.165) is 13.1 Å². The molecule has 0 spiro atoms. The van der Waals surface area contributed by atoms with Crippen LogP contribution in [0, 0.1) is 17.3 Å². The molecule has 0 heterocycles. The first kappa shape index (κ1) is 16.5. The van der Waals surface area contributed by atoms with Gasteiger partial charge in [0.25, 0.3) is 0 Å². The van der Waals surface area contributed by atoms with Crippen molar-refractivity contribution in [2.45, 2.75) is 47.1 Å². The van der Waals surface area contributed by atoms with Gasteiger partial charge in [0.1, 0.15) is 0 Å². The van der Waals surface area contributed by atoms with Crippen molar-refractivity contribution in [1.82, 2.24) is 5.32 Å². The van der Waals surface area contributed by atoms with E-state index in [1.807, 2.05) is 6.08 Å². The van der Waals surface area contributed by atoms with Gasteiger partial charge >= 0.3 is 0 Å². The Morgan fingerprint density at radius 2 is 2.00 bits per heavy atom. The molecule has 0 bridgehead atoms. The molecule has 0 radical (unpaired) electrons. The van der Waals surface area contributed by atoms with E-state index in [9.17, 15) is 0 Å².